The van der Waals surface area contributed by atoms with Gasteiger partial charge in [0.1, 0.15) is 5.75 Å². The maximum absolute atomic E-state index is 13.3. The van der Waals surface area contributed by atoms with E-state index in [1.165, 1.54) is 0 Å². The van der Waals surface area contributed by atoms with Gasteiger partial charge < -0.3 is 19.3 Å². The minimum Gasteiger partial charge on any atom is -0.493 e. The molecule has 8 heteroatoms. The van der Waals surface area contributed by atoms with Gasteiger partial charge in [-0.3, -0.25) is 9.59 Å². The van der Waals surface area contributed by atoms with Gasteiger partial charge in [-0.15, -0.1) is 0 Å². The van der Waals surface area contributed by atoms with Crippen molar-refractivity contribution in [2.75, 3.05) is 46.0 Å². The molecule has 2 aliphatic heterocycles. The lowest BCUT2D eigenvalue weighted by molar-refractivity contribution is -0.139. The molecule has 33 heavy (non-hydrogen) atoms. The van der Waals surface area contributed by atoms with Gasteiger partial charge in [0, 0.05) is 47.5 Å². The fourth-order valence-electron chi connectivity index (χ4n) is 4.51. The smallest absolute Gasteiger partial charge is 0.255 e. The van der Waals surface area contributed by atoms with Crippen LogP contribution in [-0.2, 0) is 9.53 Å². The standard InChI is InChI=1S/C25H28BrClN2O4/c26-22-5-2-1-4-21(22)24(31)29-11-3-10-25(17-29,16-23(30)28-12-14-32-15-13-28)18-33-20-8-6-19(27)7-9-20/h1-2,4-9H,3,10-18H2/t25-/m0/s1. The topological polar surface area (TPSA) is 59.1 Å². The Balaban J connectivity index is 1.54. The fraction of sp³-hybridized carbons (Fsp3) is 0.440. The first kappa shape index (κ1) is 24.0. The number of benzene rings is 2. The number of rotatable bonds is 6. The van der Waals surface area contributed by atoms with Crippen molar-refractivity contribution in [2.45, 2.75) is 19.3 Å². The number of morpholine rings is 1. The first-order chi connectivity index (χ1) is 16.0. The molecule has 0 spiro atoms. The maximum Gasteiger partial charge on any atom is 0.255 e. The van der Waals surface area contributed by atoms with Gasteiger partial charge in [-0.05, 0) is 65.2 Å². The summed E-state index contributed by atoms with van der Waals surface area (Å²) in [6, 6.07) is 14.7. The fourth-order valence-corrected chi connectivity index (χ4v) is 5.09. The molecule has 0 unspecified atom stereocenters. The molecule has 0 radical (unpaired) electrons. The lowest BCUT2D eigenvalue weighted by Gasteiger charge is -2.43. The lowest BCUT2D eigenvalue weighted by Crippen LogP contribution is -2.52. The lowest BCUT2D eigenvalue weighted by atomic mass is 9.77. The SMILES string of the molecule is O=C(C[C@@]1(COc2ccc(Cl)cc2)CCCN(C(=O)c2ccccc2Br)C1)N1CCOCC1. The highest BCUT2D eigenvalue weighted by Crippen LogP contribution is 2.36. The molecule has 4 rings (SSSR count). The number of likely N-dealkylation sites (tertiary alicyclic amines) is 1. The van der Waals surface area contributed by atoms with E-state index in [0.717, 1.165) is 17.3 Å². The Morgan fingerprint density at radius 2 is 1.76 bits per heavy atom. The van der Waals surface area contributed by atoms with Gasteiger partial charge in [0.2, 0.25) is 5.91 Å². The molecule has 0 aliphatic carbocycles. The molecule has 0 N–H and O–H groups in total. The molecule has 6 nitrogen and oxygen atoms in total. The molecule has 1 atom stereocenters. The molecule has 2 fully saturated rings. The van der Waals surface area contributed by atoms with Gasteiger partial charge in [0.15, 0.2) is 0 Å². The third-order valence-electron chi connectivity index (χ3n) is 6.30. The van der Waals surface area contributed by atoms with Crippen LogP contribution in [-0.4, -0.2) is 67.6 Å². The minimum absolute atomic E-state index is 0.0307. The summed E-state index contributed by atoms with van der Waals surface area (Å²) in [6.45, 7) is 3.81. The Morgan fingerprint density at radius 3 is 2.48 bits per heavy atom. The number of hydrogen-bond acceptors (Lipinski definition) is 4. The van der Waals surface area contributed by atoms with Gasteiger partial charge in [-0.1, -0.05) is 23.7 Å². The predicted octanol–water partition coefficient (Wildman–Crippen LogP) is 4.65. The second-order valence-corrected chi connectivity index (χ2v) is 10.0. The third-order valence-corrected chi connectivity index (χ3v) is 7.25. The summed E-state index contributed by atoms with van der Waals surface area (Å²) in [5.41, 5.74) is 0.163. The minimum atomic E-state index is -0.468. The summed E-state index contributed by atoms with van der Waals surface area (Å²) in [5.74, 6) is 0.761. The van der Waals surface area contributed by atoms with E-state index < -0.39 is 5.41 Å². The molecule has 2 aromatic rings. The highest BCUT2D eigenvalue weighted by Gasteiger charge is 2.41. The van der Waals surface area contributed by atoms with Crippen LogP contribution >= 0.6 is 27.5 Å². The van der Waals surface area contributed by atoms with E-state index in [1.807, 2.05) is 46.2 Å². The van der Waals surface area contributed by atoms with Crippen LogP contribution in [0.25, 0.3) is 0 Å². The van der Waals surface area contributed by atoms with E-state index in [-0.39, 0.29) is 11.8 Å². The van der Waals surface area contributed by atoms with Gasteiger partial charge in [0.25, 0.3) is 5.91 Å². The number of nitrogens with zero attached hydrogens (tertiary/aromatic N) is 2. The zero-order chi connectivity index (χ0) is 23.3. The monoisotopic (exact) mass is 534 g/mol. The molecular formula is C25H28BrClN2O4. The molecule has 0 saturated carbocycles. The number of piperidine rings is 1. The van der Waals surface area contributed by atoms with Crippen molar-refractivity contribution in [3.63, 3.8) is 0 Å². The molecule has 0 aromatic heterocycles. The van der Waals surface area contributed by atoms with Crippen LogP contribution in [0.5, 0.6) is 5.75 Å². The largest absolute Gasteiger partial charge is 0.493 e. The summed E-state index contributed by atoms with van der Waals surface area (Å²) >= 11 is 9.50. The van der Waals surface area contributed by atoms with Crippen molar-refractivity contribution < 1.29 is 19.1 Å². The van der Waals surface area contributed by atoms with Gasteiger partial charge in [-0.2, -0.15) is 0 Å². The van der Waals surface area contributed by atoms with Gasteiger partial charge in [-0.25, -0.2) is 0 Å². The second-order valence-electron chi connectivity index (χ2n) is 8.72. The number of amides is 2. The predicted molar refractivity (Wildman–Crippen MR) is 131 cm³/mol. The van der Waals surface area contributed by atoms with Crippen LogP contribution in [0.4, 0.5) is 0 Å². The van der Waals surface area contributed by atoms with E-state index in [2.05, 4.69) is 15.9 Å². The van der Waals surface area contributed by atoms with Crippen molar-refractivity contribution in [2.24, 2.45) is 5.41 Å². The summed E-state index contributed by atoms with van der Waals surface area (Å²) in [4.78, 5) is 30.3. The Kier molecular flexibility index (Phi) is 7.94. The van der Waals surface area contributed by atoms with Gasteiger partial charge in [0.05, 0.1) is 25.4 Å². The highest BCUT2D eigenvalue weighted by molar-refractivity contribution is 9.10. The number of carbonyl (C=O) groups is 2. The van der Waals surface area contributed by atoms with E-state index >= 15 is 0 Å². The van der Waals surface area contributed by atoms with E-state index in [0.29, 0.717) is 68.8 Å². The van der Waals surface area contributed by atoms with Crippen LogP contribution in [0.3, 0.4) is 0 Å². The highest BCUT2D eigenvalue weighted by atomic mass is 79.9. The summed E-state index contributed by atoms with van der Waals surface area (Å²) < 4.78 is 12.3. The van der Waals surface area contributed by atoms with Crippen LogP contribution in [0.1, 0.15) is 29.6 Å². The summed E-state index contributed by atoms with van der Waals surface area (Å²) in [7, 11) is 0. The van der Waals surface area contributed by atoms with Crippen molar-refractivity contribution >= 4 is 39.3 Å². The molecule has 2 aliphatic rings. The maximum atomic E-state index is 13.3. The number of hydrogen-bond donors (Lipinski definition) is 0. The van der Waals surface area contributed by atoms with Crippen molar-refractivity contribution in [3.05, 3.63) is 63.6 Å². The van der Waals surface area contributed by atoms with Crippen molar-refractivity contribution in [1.29, 1.82) is 0 Å². The molecule has 2 saturated heterocycles. The number of ether oxygens (including phenoxy) is 2. The molecule has 2 heterocycles. The Bertz CT molecular complexity index is 981. The molecular weight excluding hydrogens is 508 g/mol. The average Bonchev–Trinajstić information content (AvgIpc) is 2.84. The number of halogens is 2. The van der Waals surface area contributed by atoms with Crippen LogP contribution in [0, 0.1) is 5.41 Å². The molecule has 176 valence electrons. The van der Waals surface area contributed by atoms with Crippen molar-refractivity contribution in [3.8, 4) is 5.75 Å². The molecule has 2 amide bonds. The second kappa shape index (κ2) is 10.9. The first-order valence-corrected chi connectivity index (χ1v) is 12.4. The molecule has 0 bridgehead atoms. The third kappa shape index (κ3) is 6.08. The summed E-state index contributed by atoms with van der Waals surface area (Å²) in [6.07, 6.45) is 1.97. The zero-order valence-electron chi connectivity index (χ0n) is 18.5. The average molecular weight is 536 g/mol. The van der Waals surface area contributed by atoms with E-state index in [1.54, 1.807) is 12.1 Å². The van der Waals surface area contributed by atoms with Crippen molar-refractivity contribution in [1.82, 2.24) is 9.80 Å². The zero-order valence-corrected chi connectivity index (χ0v) is 20.8. The quantitative estimate of drug-likeness (QED) is 0.540. The van der Waals surface area contributed by atoms with Crippen LogP contribution in [0.15, 0.2) is 53.0 Å². The number of carbonyl (C=O) groups excluding carboxylic acids is 2. The van der Waals surface area contributed by atoms with E-state index in [4.69, 9.17) is 21.1 Å². The Morgan fingerprint density at radius 1 is 1.03 bits per heavy atom. The van der Waals surface area contributed by atoms with Crippen LogP contribution < -0.4 is 4.74 Å². The Labute approximate surface area is 207 Å². The summed E-state index contributed by atoms with van der Waals surface area (Å²) in [5, 5.41) is 0.641. The normalized spacial score (nSPS) is 21.0. The van der Waals surface area contributed by atoms with Gasteiger partial charge >= 0.3 is 0 Å². The van der Waals surface area contributed by atoms with Crippen LogP contribution in [0.2, 0.25) is 5.02 Å². The molecule has 2 aromatic carbocycles. The van der Waals surface area contributed by atoms with E-state index in [9.17, 15) is 9.59 Å². The first-order valence-electron chi connectivity index (χ1n) is 11.2. The Hall–Kier alpha value is -2.09.